The minimum Gasteiger partial charge on any atom is -0.476 e. The van der Waals surface area contributed by atoms with Crippen molar-refractivity contribution in [2.45, 2.75) is 37.6 Å². The Kier molecular flexibility index (Phi) is 5.64. The van der Waals surface area contributed by atoms with E-state index >= 15 is 0 Å². The average Bonchev–Trinajstić information content (AvgIpc) is 2.87. The fourth-order valence-corrected chi connectivity index (χ4v) is 3.25. The van der Waals surface area contributed by atoms with Gasteiger partial charge in [-0.25, -0.2) is 14.8 Å². The van der Waals surface area contributed by atoms with Crippen molar-refractivity contribution >= 4 is 36.8 Å². The van der Waals surface area contributed by atoms with E-state index in [1.165, 1.54) is 11.8 Å². The van der Waals surface area contributed by atoms with E-state index in [1.807, 2.05) is 6.07 Å². The van der Waals surface area contributed by atoms with Gasteiger partial charge in [0, 0.05) is 20.9 Å². The van der Waals surface area contributed by atoms with Crippen molar-refractivity contribution in [2.24, 2.45) is 0 Å². The van der Waals surface area contributed by atoms with Gasteiger partial charge in [0.1, 0.15) is 18.4 Å². The van der Waals surface area contributed by atoms with Crippen LogP contribution in [-0.2, 0) is 11.5 Å². The molecule has 0 aliphatic rings. The summed E-state index contributed by atoms with van der Waals surface area (Å²) < 4.78 is 7.38. The number of carboxylic acid groups (broad SMARTS) is 1. The molecule has 1 N–H and O–H groups in total. The number of rotatable bonds is 7. The summed E-state index contributed by atoms with van der Waals surface area (Å²) in [6.07, 6.45) is 3.35. The van der Waals surface area contributed by atoms with E-state index in [0.717, 1.165) is 6.04 Å². The third kappa shape index (κ3) is 4.14. The van der Waals surface area contributed by atoms with Crippen LogP contribution in [0.15, 0.2) is 11.4 Å². The first-order chi connectivity index (χ1) is 11.3. The van der Waals surface area contributed by atoms with Gasteiger partial charge in [-0.15, -0.1) is 0 Å². The van der Waals surface area contributed by atoms with Crippen molar-refractivity contribution in [3.63, 3.8) is 0 Å². The van der Waals surface area contributed by atoms with Gasteiger partial charge in [-0.2, -0.15) is 5.26 Å². The largest absolute Gasteiger partial charge is 0.476 e. The second-order valence-corrected chi connectivity index (χ2v) is 12.9. The molecule has 0 aliphatic carbocycles. The number of nitrogens with zero attached hydrogens (tertiary/aromatic N) is 4. The molecule has 128 valence electrons. The number of aromatic nitrogens is 3. The summed E-state index contributed by atoms with van der Waals surface area (Å²) >= 11 is 1.26. The third-order valence-electron chi connectivity index (χ3n) is 3.43. The summed E-state index contributed by atoms with van der Waals surface area (Å²) in [5.41, 5.74) is 0.502. The van der Waals surface area contributed by atoms with Crippen molar-refractivity contribution in [1.29, 1.82) is 5.26 Å². The van der Waals surface area contributed by atoms with Gasteiger partial charge in [0.05, 0.1) is 10.9 Å². The Labute approximate surface area is 145 Å². The molecule has 0 spiro atoms. The van der Waals surface area contributed by atoms with Crippen molar-refractivity contribution in [1.82, 2.24) is 14.5 Å². The molecule has 9 heteroatoms. The van der Waals surface area contributed by atoms with Crippen LogP contribution >= 0.6 is 11.8 Å². The first-order valence-corrected chi connectivity index (χ1v) is 12.4. The zero-order valence-electron chi connectivity index (χ0n) is 14.2. The van der Waals surface area contributed by atoms with E-state index in [4.69, 9.17) is 4.74 Å². The lowest BCUT2D eigenvalue weighted by Crippen LogP contribution is -2.22. The highest BCUT2D eigenvalue weighted by Gasteiger charge is 2.21. The second-order valence-electron chi connectivity index (χ2n) is 6.54. The molecular formula is C15H20N4O3SSi. The number of carbonyl (C=O) groups is 1. The Morgan fingerprint density at radius 3 is 2.71 bits per heavy atom. The molecular weight excluding hydrogens is 344 g/mol. The van der Waals surface area contributed by atoms with Crippen molar-refractivity contribution in [3.8, 4) is 6.07 Å². The van der Waals surface area contributed by atoms with Crippen molar-refractivity contribution < 1.29 is 14.6 Å². The lowest BCUT2D eigenvalue weighted by Gasteiger charge is -2.15. The number of nitriles is 1. The molecule has 0 atom stereocenters. The minimum atomic E-state index is -1.18. The van der Waals surface area contributed by atoms with Crippen LogP contribution in [-0.4, -0.2) is 46.5 Å². The summed E-state index contributed by atoms with van der Waals surface area (Å²) in [6, 6.07) is 3.05. The summed E-state index contributed by atoms with van der Waals surface area (Å²) in [5.74, 6) is -1.17. The van der Waals surface area contributed by atoms with E-state index in [9.17, 15) is 15.2 Å². The van der Waals surface area contributed by atoms with Crippen molar-refractivity contribution in [2.75, 3.05) is 12.9 Å². The van der Waals surface area contributed by atoms with Gasteiger partial charge in [-0.3, -0.25) is 0 Å². The van der Waals surface area contributed by atoms with Crippen LogP contribution in [0.2, 0.25) is 25.7 Å². The van der Waals surface area contributed by atoms with Crippen LogP contribution in [0.3, 0.4) is 0 Å². The Morgan fingerprint density at radius 2 is 2.17 bits per heavy atom. The zero-order valence-corrected chi connectivity index (χ0v) is 16.0. The molecule has 0 amide bonds. The summed E-state index contributed by atoms with van der Waals surface area (Å²) in [7, 11) is -1.18. The number of thioether (sulfide) groups is 1. The first-order valence-electron chi connectivity index (χ1n) is 7.43. The van der Waals surface area contributed by atoms with Crippen LogP contribution in [0, 0.1) is 11.3 Å². The molecule has 0 saturated carbocycles. The normalized spacial score (nSPS) is 11.6. The zero-order chi connectivity index (χ0) is 17.9. The predicted octanol–water partition coefficient (Wildman–Crippen LogP) is 3.04. The maximum absolute atomic E-state index is 11.5. The Balaban J connectivity index is 2.39. The number of hydrogen-bond acceptors (Lipinski definition) is 6. The van der Waals surface area contributed by atoms with Crippen LogP contribution < -0.4 is 0 Å². The Morgan fingerprint density at radius 1 is 1.46 bits per heavy atom. The highest BCUT2D eigenvalue weighted by molar-refractivity contribution is 7.98. The number of aromatic carboxylic acids is 1. The Bertz CT molecular complexity index is 808. The van der Waals surface area contributed by atoms with E-state index in [1.54, 1.807) is 17.0 Å². The molecule has 0 radical (unpaired) electrons. The fraction of sp³-hybridized carbons (Fsp3) is 0.467. The van der Waals surface area contributed by atoms with Crippen LogP contribution in [0.25, 0.3) is 11.0 Å². The van der Waals surface area contributed by atoms with E-state index in [2.05, 4.69) is 29.6 Å². The van der Waals surface area contributed by atoms with Gasteiger partial charge in [-0.05, 0) is 12.3 Å². The quantitative estimate of drug-likeness (QED) is 0.349. The molecule has 2 aromatic heterocycles. The number of hydrogen-bond donors (Lipinski definition) is 1. The predicted molar refractivity (Wildman–Crippen MR) is 95.1 cm³/mol. The molecule has 2 heterocycles. The van der Waals surface area contributed by atoms with Gasteiger partial charge >= 0.3 is 5.97 Å². The molecule has 2 aromatic rings. The van der Waals surface area contributed by atoms with Crippen LogP contribution in [0.5, 0.6) is 0 Å². The van der Waals surface area contributed by atoms with Gasteiger partial charge in [0.2, 0.25) is 0 Å². The van der Waals surface area contributed by atoms with E-state index in [-0.39, 0.29) is 23.4 Å². The minimum absolute atomic E-state index is 0.151. The molecule has 0 fully saturated rings. The Hall–Kier alpha value is -1.89. The van der Waals surface area contributed by atoms with Gasteiger partial charge < -0.3 is 14.4 Å². The lowest BCUT2D eigenvalue weighted by molar-refractivity contribution is 0.0691. The van der Waals surface area contributed by atoms with E-state index in [0.29, 0.717) is 17.4 Å². The maximum Gasteiger partial charge on any atom is 0.355 e. The molecule has 0 aromatic carbocycles. The molecule has 0 saturated heterocycles. The summed E-state index contributed by atoms with van der Waals surface area (Å²) in [6.45, 7) is 7.67. The maximum atomic E-state index is 11.5. The van der Waals surface area contributed by atoms with Gasteiger partial charge in [-0.1, -0.05) is 31.4 Å². The van der Waals surface area contributed by atoms with Gasteiger partial charge in [0.15, 0.2) is 10.9 Å². The number of carboxylic acids is 1. The van der Waals surface area contributed by atoms with Crippen LogP contribution in [0.1, 0.15) is 16.1 Å². The summed E-state index contributed by atoms with van der Waals surface area (Å²) in [5, 5.41) is 19.3. The number of fused-ring (bicyclic) bond motifs is 1. The van der Waals surface area contributed by atoms with Crippen molar-refractivity contribution in [3.05, 3.63) is 17.5 Å². The first kappa shape index (κ1) is 18.4. The fourth-order valence-electron chi connectivity index (χ4n) is 2.14. The standard InChI is InChI=1S/C15H20N4O3SSi/c1-23-15-17-12(14(20)21)11-10(7-16)8-19(13(11)18-15)9-22-5-6-24(2,3)4/h8H,5-6,9H2,1-4H3,(H,20,21). The summed E-state index contributed by atoms with van der Waals surface area (Å²) in [4.78, 5) is 19.9. The topological polar surface area (TPSA) is 101 Å². The molecule has 0 unspecified atom stereocenters. The molecule has 24 heavy (non-hydrogen) atoms. The smallest absolute Gasteiger partial charge is 0.355 e. The third-order valence-corrected chi connectivity index (χ3v) is 5.68. The average molecular weight is 365 g/mol. The number of ether oxygens (including phenoxy) is 1. The highest BCUT2D eigenvalue weighted by Crippen LogP contribution is 2.25. The molecule has 0 aliphatic heterocycles. The SMILES string of the molecule is CSc1nc(C(=O)O)c2c(C#N)cn(COCC[Si](C)(C)C)c2n1. The molecule has 7 nitrogen and oxygen atoms in total. The highest BCUT2D eigenvalue weighted by atomic mass is 32.2. The van der Waals surface area contributed by atoms with Crippen LogP contribution in [0.4, 0.5) is 0 Å². The molecule has 0 bridgehead atoms. The molecule has 2 rings (SSSR count). The van der Waals surface area contributed by atoms with Gasteiger partial charge in [0.25, 0.3) is 0 Å². The van der Waals surface area contributed by atoms with E-state index < -0.39 is 14.0 Å². The second kappa shape index (κ2) is 7.34. The lowest BCUT2D eigenvalue weighted by atomic mass is 10.2. The monoisotopic (exact) mass is 364 g/mol.